The Kier molecular flexibility index (Phi) is 3.59. The van der Waals surface area contributed by atoms with Crippen LogP contribution >= 0.6 is 0 Å². The second kappa shape index (κ2) is 5.23. The number of hydrogen-bond donors (Lipinski definition) is 1. The van der Waals surface area contributed by atoms with E-state index < -0.39 is 17.2 Å². The van der Waals surface area contributed by atoms with Crippen LogP contribution in [0.25, 0.3) is 0 Å². The molecule has 1 unspecified atom stereocenters. The van der Waals surface area contributed by atoms with Crippen molar-refractivity contribution in [3.05, 3.63) is 17.7 Å². The lowest BCUT2D eigenvalue weighted by Gasteiger charge is -2.40. The van der Waals surface area contributed by atoms with E-state index >= 15 is 0 Å². The number of rotatable bonds is 1. The Balaban J connectivity index is 1.75. The summed E-state index contributed by atoms with van der Waals surface area (Å²) in [4.78, 5) is 29.1. The van der Waals surface area contributed by atoms with Gasteiger partial charge in [-0.3, -0.25) is 0 Å². The number of imidazole rings is 1. The van der Waals surface area contributed by atoms with Crippen molar-refractivity contribution in [1.82, 2.24) is 14.5 Å². The van der Waals surface area contributed by atoms with E-state index in [2.05, 4.69) is 4.98 Å². The molecule has 8 heteroatoms. The summed E-state index contributed by atoms with van der Waals surface area (Å²) in [5, 5.41) is 9.19. The monoisotopic (exact) mass is 323 g/mol. The SMILES string of the molecule is CC(C)(C)OC(=O)N1CCOC2(Cc3c(C(=O)O)ncn3C2)C1. The highest BCUT2D eigenvalue weighted by Gasteiger charge is 2.46. The van der Waals surface area contributed by atoms with Crippen molar-refractivity contribution in [1.29, 1.82) is 0 Å². The number of aromatic carboxylic acids is 1. The highest BCUT2D eigenvalue weighted by Crippen LogP contribution is 2.33. The average Bonchev–Trinajstić information content (AvgIpc) is 2.93. The summed E-state index contributed by atoms with van der Waals surface area (Å²) in [5.41, 5.74) is -0.454. The van der Waals surface area contributed by atoms with Crippen LogP contribution in [0, 0.1) is 0 Å². The number of ether oxygens (including phenoxy) is 2. The van der Waals surface area contributed by atoms with Crippen LogP contribution in [0.15, 0.2) is 6.33 Å². The van der Waals surface area contributed by atoms with E-state index in [0.717, 1.165) is 0 Å². The fraction of sp³-hybridized carbons (Fsp3) is 0.667. The van der Waals surface area contributed by atoms with E-state index in [1.807, 2.05) is 20.8 Å². The minimum absolute atomic E-state index is 0.0554. The minimum atomic E-state index is -1.05. The third-order valence-electron chi connectivity index (χ3n) is 4.00. The molecule has 126 valence electrons. The Hall–Kier alpha value is -2.09. The molecule has 23 heavy (non-hydrogen) atoms. The number of morpholine rings is 1. The normalized spacial score (nSPS) is 23.9. The number of carboxylic acid groups (broad SMARTS) is 1. The maximum atomic E-state index is 12.3. The summed E-state index contributed by atoms with van der Waals surface area (Å²) in [6.07, 6.45) is 1.57. The summed E-state index contributed by atoms with van der Waals surface area (Å²) in [6, 6.07) is 0. The van der Waals surface area contributed by atoms with Crippen molar-refractivity contribution >= 4 is 12.1 Å². The molecule has 3 heterocycles. The molecule has 0 saturated carbocycles. The lowest BCUT2D eigenvalue weighted by molar-refractivity contribution is -0.107. The molecule has 1 aromatic rings. The highest BCUT2D eigenvalue weighted by molar-refractivity contribution is 5.86. The van der Waals surface area contributed by atoms with Gasteiger partial charge in [0, 0.05) is 13.0 Å². The molecule has 1 amide bonds. The van der Waals surface area contributed by atoms with Gasteiger partial charge in [0.05, 0.1) is 31.7 Å². The lowest BCUT2D eigenvalue weighted by atomic mass is 9.98. The molecule has 0 radical (unpaired) electrons. The highest BCUT2D eigenvalue weighted by atomic mass is 16.6. The number of carbonyl (C=O) groups is 2. The van der Waals surface area contributed by atoms with Gasteiger partial charge in [-0.1, -0.05) is 0 Å². The van der Waals surface area contributed by atoms with Crippen molar-refractivity contribution in [2.75, 3.05) is 19.7 Å². The van der Waals surface area contributed by atoms with Crippen molar-refractivity contribution in [3.63, 3.8) is 0 Å². The molecular weight excluding hydrogens is 302 g/mol. The Morgan fingerprint density at radius 3 is 2.78 bits per heavy atom. The Morgan fingerprint density at radius 2 is 2.13 bits per heavy atom. The molecule has 0 aromatic carbocycles. The lowest BCUT2D eigenvalue weighted by Crippen LogP contribution is -2.55. The Morgan fingerprint density at radius 1 is 1.39 bits per heavy atom. The zero-order valence-electron chi connectivity index (χ0n) is 13.5. The molecule has 1 aromatic heterocycles. The molecule has 2 aliphatic heterocycles. The molecule has 1 atom stereocenters. The minimum Gasteiger partial charge on any atom is -0.476 e. The predicted molar refractivity (Wildman–Crippen MR) is 79.4 cm³/mol. The largest absolute Gasteiger partial charge is 0.476 e. The number of carboxylic acids is 1. The van der Waals surface area contributed by atoms with Crippen molar-refractivity contribution in [3.8, 4) is 0 Å². The van der Waals surface area contributed by atoms with Gasteiger partial charge in [-0.25, -0.2) is 14.6 Å². The van der Waals surface area contributed by atoms with E-state index in [-0.39, 0.29) is 11.8 Å². The molecule has 8 nitrogen and oxygen atoms in total. The second-order valence-corrected chi connectivity index (χ2v) is 7.08. The number of aromatic nitrogens is 2. The summed E-state index contributed by atoms with van der Waals surface area (Å²) >= 11 is 0. The maximum absolute atomic E-state index is 12.3. The zero-order valence-corrected chi connectivity index (χ0v) is 13.5. The van der Waals surface area contributed by atoms with E-state index in [1.54, 1.807) is 9.47 Å². The molecule has 1 fully saturated rings. The molecular formula is C15H21N3O5. The first-order valence-corrected chi connectivity index (χ1v) is 7.58. The molecule has 0 aliphatic carbocycles. The van der Waals surface area contributed by atoms with E-state index in [1.165, 1.54) is 6.33 Å². The van der Waals surface area contributed by atoms with Crippen LogP contribution in [0.2, 0.25) is 0 Å². The summed E-state index contributed by atoms with van der Waals surface area (Å²) in [6.45, 7) is 7.22. The maximum Gasteiger partial charge on any atom is 0.410 e. The predicted octanol–water partition coefficient (Wildman–Crippen LogP) is 1.14. The van der Waals surface area contributed by atoms with E-state index in [9.17, 15) is 14.7 Å². The standard InChI is InChI=1S/C15H21N3O5/c1-14(2,3)23-13(21)17-4-5-22-15(7-17)6-10-11(12(19)20)16-9-18(10)8-15/h9H,4-8H2,1-3H3,(H,19,20). The fourth-order valence-electron chi connectivity index (χ4n) is 3.11. The van der Waals surface area contributed by atoms with Gasteiger partial charge in [-0.05, 0) is 20.8 Å². The first-order chi connectivity index (χ1) is 10.7. The number of carbonyl (C=O) groups excluding carboxylic acids is 1. The summed E-state index contributed by atoms with van der Waals surface area (Å²) in [7, 11) is 0. The second-order valence-electron chi connectivity index (χ2n) is 7.08. The number of nitrogens with zero attached hydrogens (tertiary/aromatic N) is 3. The molecule has 1 spiro atoms. The van der Waals surface area contributed by atoms with Gasteiger partial charge in [-0.2, -0.15) is 0 Å². The van der Waals surface area contributed by atoms with Gasteiger partial charge in [0.1, 0.15) is 11.2 Å². The number of amides is 1. The van der Waals surface area contributed by atoms with E-state index in [4.69, 9.17) is 9.47 Å². The van der Waals surface area contributed by atoms with Gasteiger partial charge in [0.2, 0.25) is 0 Å². The molecule has 1 N–H and O–H groups in total. The molecule has 2 aliphatic rings. The van der Waals surface area contributed by atoms with Gasteiger partial charge < -0.3 is 24.0 Å². The Bertz CT molecular complexity index is 648. The smallest absolute Gasteiger partial charge is 0.410 e. The number of fused-ring (bicyclic) bond motifs is 1. The molecule has 3 rings (SSSR count). The van der Waals surface area contributed by atoms with Gasteiger partial charge in [0.25, 0.3) is 0 Å². The zero-order chi connectivity index (χ0) is 16.8. The van der Waals surface area contributed by atoms with Crippen LogP contribution < -0.4 is 0 Å². The van der Waals surface area contributed by atoms with Crippen LogP contribution in [0.1, 0.15) is 37.0 Å². The van der Waals surface area contributed by atoms with Crippen LogP contribution in [0.3, 0.4) is 0 Å². The van der Waals surface area contributed by atoms with Crippen LogP contribution in [0.4, 0.5) is 4.79 Å². The van der Waals surface area contributed by atoms with Crippen molar-refractivity contribution in [2.24, 2.45) is 0 Å². The average molecular weight is 323 g/mol. The van der Waals surface area contributed by atoms with Gasteiger partial charge in [0.15, 0.2) is 5.69 Å². The quantitative estimate of drug-likeness (QED) is 0.833. The topological polar surface area (TPSA) is 93.9 Å². The van der Waals surface area contributed by atoms with E-state index in [0.29, 0.717) is 38.4 Å². The van der Waals surface area contributed by atoms with Crippen LogP contribution in [-0.2, 0) is 22.4 Å². The fourth-order valence-corrected chi connectivity index (χ4v) is 3.11. The first-order valence-electron chi connectivity index (χ1n) is 7.58. The third kappa shape index (κ3) is 3.03. The summed E-state index contributed by atoms with van der Waals surface area (Å²) in [5.74, 6) is -1.05. The number of hydrogen-bond acceptors (Lipinski definition) is 5. The Labute approximate surface area is 134 Å². The molecule has 1 saturated heterocycles. The van der Waals surface area contributed by atoms with Gasteiger partial charge in [-0.15, -0.1) is 0 Å². The van der Waals surface area contributed by atoms with Crippen molar-refractivity contribution in [2.45, 2.75) is 44.9 Å². The third-order valence-corrected chi connectivity index (χ3v) is 4.00. The molecule has 0 bridgehead atoms. The van der Waals surface area contributed by atoms with Crippen LogP contribution in [0.5, 0.6) is 0 Å². The van der Waals surface area contributed by atoms with Crippen molar-refractivity contribution < 1.29 is 24.2 Å². The van der Waals surface area contributed by atoms with Crippen LogP contribution in [-0.4, -0.2) is 62.5 Å². The first kappa shape index (κ1) is 15.8. The summed E-state index contributed by atoms with van der Waals surface area (Å²) < 4.78 is 13.1. The van der Waals surface area contributed by atoms with Gasteiger partial charge >= 0.3 is 12.1 Å².